The second-order valence-corrected chi connectivity index (χ2v) is 4.27. The van der Waals surface area contributed by atoms with Crippen molar-refractivity contribution in [3.8, 4) is 0 Å². The Morgan fingerprint density at radius 3 is 2.43 bits per heavy atom. The lowest BCUT2D eigenvalue weighted by Crippen LogP contribution is -2.08. The number of hydrogen-bond acceptors (Lipinski definition) is 2. The Morgan fingerprint density at radius 2 is 1.79 bits per heavy atom. The monoisotopic (exact) mass is 200 g/mol. The molecule has 0 bridgehead atoms. The fourth-order valence-electron chi connectivity index (χ4n) is 1.82. The molecule has 0 spiro atoms. The Morgan fingerprint density at radius 1 is 1.07 bits per heavy atom. The fourth-order valence-corrected chi connectivity index (χ4v) is 1.82. The quantitative estimate of drug-likeness (QED) is 0.586. The molecule has 1 rings (SSSR count). The van der Waals surface area contributed by atoms with E-state index in [4.69, 9.17) is 9.47 Å². The number of hydrogen-bond donors (Lipinski definition) is 0. The van der Waals surface area contributed by atoms with Crippen LogP contribution in [0.15, 0.2) is 0 Å². The van der Waals surface area contributed by atoms with Crippen molar-refractivity contribution in [2.24, 2.45) is 0 Å². The third kappa shape index (κ3) is 4.97. The van der Waals surface area contributed by atoms with Crippen LogP contribution in [-0.2, 0) is 9.47 Å². The summed E-state index contributed by atoms with van der Waals surface area (Å²) in [7, 11) is 0. The van der Waals surface area contributed by atoms with Crippen LogP contribution < -0.4 is 0 Å². The molecule has 2 nitrogen and oxygen atoms in total. The third-order valence-corrected chi connectivity index (χ3v) is 2.69. The number of rotatable bonds is 7. The Balaban J connectivity index is 1.84. The van der Waals surface area contributed by atoms with Gasteiger partial charge in [0.25, 0.3) is 0 Å². The predicted molar refractivity (Wildman–Crippen MR) is 58.3 cm³/mol. The molecule has 1 aliphatic heterocycles. The lowest BCUT2D eigenvalue weighted by Gasteiger charge is -2.08. The summed E-state index contributed by atoms with van der Waals surface area (Å²) in [6.07, 6.45) is 9.53. The van der Waals surface area contributed by atoms with Crippen molar-refractivity contribution < 1.29 is 9.47 Å². The van der Waals surface area contributed by atoms with Crippen LogP contribution in [-0.4, -0.2) is 19.0 Å². The molecule has 0 aromatic carbocycles. The standard InChI is InChI=1S/C12H24O2/c1-3-4-5-6-7-8-9-12-13-10-11(2)14-12/h11-12H,3-10H2,1-2H3/t11-,12+/m0/s1. The minimum absolute atomic E-state index is 0.0937. The third-order valence-electron chi connectivity index (χ3n) is 2.69. The molecule has 2 atom stereocenters. The molecular formula is C12H24O2. The molecule has 0 saturated carbocycles. The van der Waals surface area contributed by atoms with Crippen LogP contribution in [0.2, 0.25) is 0 Å². The molecule has 0 aromatic heterocycles. The van der Waals surface area contributed by atoms with Gasteiger partial charge in [-0.25, -0.2) is 0 Å². The van der Waals surface area contributed by atoms with Crippen LogP contribution in [0.25, 0.3) is 0 Å². The minimum atomic E-state index is 0.0937. The Hall–Kier alpha value is -0.0800. The first-order chi connectivity index (χ1) is 6.83. The second-order valence-electron chi connectivity index (χ2n) is 4.27. The van der Waals surface area contributed by atoms with Gasteiger partial charge in [-0.1, -0.05) is 39.0 Å². The van der Waals surface area contributed by atoms with Crippen molar-refractivity contribution >= 4 is 0 Å². The average molecular weight is 200 g/mol. The molecular weight excluding hydrogens is 176 g/mol. The molecule has 2 heteroatoms. The summed E-state index contributed by atoms with van der Waals surface area (Å²) < 4.78 is 11.0. The molecule has 84 valence electrons. The molecule has 0 aromatic rings. The van der Waals surface area contributed by atoms with E-state index in [9.17, 15) is 0 Å². The van der Waals surface area contributed by atoms with E-state index in [0.717, 1.165) is 13.0 Å². The topological polar surface area (TPSA) is 18.5 Å². The summed E-state index contributed by atoms with van der Waals surface area (Å²) in [4.78, 5) is 0. The number of unbranched alkanes of at least 4 members (excludes halogenated alkanes) is 5. The summed E-state index contributed by atoms with van der Waals surface area (Å²) in [5.74, 6) is 0. The molecule has 1 saturated heterocycles. The van der Waals surface area contributed by atoms with Crippen molar-refractivity contribution in [2.45, 2.75) is 71.2 Å². The van der Waals surface area contributed by atoms with Crippen molar-refractivity contribution in [3.05, 3.63) is 0 Å². The maximum absolute atomic E-state index is 5.57. The predicted octanol–water partition coefficient (Wildman–Crippen LogP) is 3.50. The van der Waals surface area contributed by atoms with E-state index >= 15 is 0 Å². The van der Waals surface area contributed by atoms with Crippen LogP contribution in [0.4, 0.5) is 0 Å². The maximum Gasteiger partial charge on any atom is 0.158 e. The van der Waals surface area contributed by atoms with Gasteiger partial charge in [0.2, 0.25) is 0 Å². The van der Waals surface area contributed by atoms with Gasteiger partial charge in [0.05, 0.1) is 12.7 Å². The van der Waals surface area contributed by atoms with E-state index in [1.54, 1.807) is 0 Å². The molecule has 0 unspecified atom stereocenters. The molecule has 0 amide bonds. The smallest absolute Gasteiger partial charge is 0.158 e. The zero-order valence-electron chi connectivity index (χ0n) is 9.63. The normalized spacial score (nSPS) is 27.0. The van der Waals surface area contributed by atoms with Crippen LogP contribution in [0.1, 0.15) is 58.8 Å². The summed E-state index contributed by atoms with van der Waals surface area (Å²) in [5, 5.41) is 0. The highest BCUT2D eigenvalue weighted by molar-refractivity contribution is 4.60. The SMILES string of the molecule is CCCCCCCC[C@@H]1OC[C@H](C)O1. The lowest BCUT2D eigenvalue weighted by molar-refractivity contribution is -0.0604. The van der Waals surface area contributed by atoms with Gasteiger partial charge < -0.3 is 9.47 Å². The van der Waals surface area contributed by atoms with Gasteiger partial charge >= 0.3 is 0 Å². The summed E-state index contributed by atoms with van der Waals surface area (Å²) in [5.41, 5.74) is 0. The molecule has 14 heavy (non-hydrogen) atoms. The highest BCUT2D eigenvalue weighted by Crippen LogP contribution is 2.17. The molecule has 1 aliphatic rings. The average Bonchev–Trinajstić information content (AvgIpc) is 2.58. The second kappa shape index (κ2) is 7.24. The van der Waals surface area contributed by atoms with Gasteiger partial charge in [-0.2, -0.15) is 0 Å². The van der Waals surface area contributed by atoms with Crippen LogP contribution in [0, 0.1) is 0 Å². The van der Waals surface area contributed by atoms with Crippen LogP contribution >= 0.6 is 0 Å². The Labute approximate surface area is 88.0 Å². The van der Waals surface area contributed by atoms with Crippen LogP contribution in [0.5, 0.6) is 0 Å². The first-order valence-electron chi connectivity index (χ1n) is 6.10. The fraction of sp³-hybridized carbons (Fsp3) is 1.00. The van der Waals surface area contributed by atoms with E-state index < -0.39 is 0 Å². The van der Waals surface area contributed by atoms with Crippen LogP contribution in [0.3, 0.4) is 0 Å². The molecule has 1 fully saturated rings. The van der Waals surface area contributed by atoms with Gasteiger partial charge in [0.1, 0.15) is 0 Å². The lowest BCUT2D eigenvalue weighted by atomic mass is 10.1. The van der Waals surface area contributed by atoms with Gasteiger partial charge in [-0.05, 0) is 19.8 Å². The molecule has 0 N–H and O–H groups in total. The molecule has 0 aliphatic carbocycles. The highest BCUT2D eigenvalue weighted by Gasteiger charge is 2.21. The Kier molecular flexibility index (Phi) is 6.20. The van der Waals surface area contributed by atoms with Crippen molar-refractivity contribution in [1.82, 2.24) is 0 Å². The van der Waals surface area contributed by atoms with E-state index in [1.165, 1.54) is 38.5 Å². The molecule has 0 radical (unpaired) electrons. The van der Waals surface area contributed by atoms with Crippen molar-refractivity contribution in [1.29, 1.82) is 0 Å². The first kappa shape index (κ1) is 12.0. The highest BCUT2D eigenvalue weighted by atomic mass is 16.7. The van der Waals surface area contributed by atoms with Crippen molar-refractivity contribution in [2.75, 3.05) is 6.61 Å². The zero-order chi connectivity index (χ0) is 10.2. The first-order valence-corrected chi connectivity index (χ1v) is 6.10. The summed E-state index contributed by atoms with van der Waals surface area (Å²) in [6, 6.07) is 0. The maximum atomic E-state index is 5.57. The summed E-state index contributed by atoms with van der Waals surface area (Å²) in [6.45, 7) is 5.10. The van der Waals surface area contributed by atoms with E-state index in [2.05, 4.69) is 13.8 Å². The van der Waals surface area contributed by atoms with Gasteiger partial charge in [0.15, 0.2) is 6.29 Å². The van der Waals surface area contributed by atoms with E-state index in [0.29, 0.717) is 6.10 Å². The van der Waals surface area contributed by atoms with Gasteiger partial charge in [0, 0.05) is 0 Å². The zero-order valence-corrected chi connectivity index (χ0v) is 9.63. The number of ether oxygens (including phenoxy) is 2. The Bertz CT molecular complexity index is 136. The van der Waals surface area contributed by atoms with Crippen molar-refractivity contribution in [3.63, 3.8) is 0 Å². The largest absolute Gasteiger partial charge is 0.350 e. The van der Waals surface area contributed by atoms with Gasteiger partial charge in [-0.15, -0.1) is 0 Å². The van der Waals surface area contributed by atoms with E-state index in [-0.39, 0.29) is 6.29 Å². The molecule has 1 heterocycles. The minimum Gasteiger partial charge on any atom is -0.350 e. The van der Waals surface area contributed by atoms with Gasteiger partial charge in [-0.3, -0.25) is 0 Å². The van der Waals surface area contributed by atoms with E-state index in [1.807, 2.05) is 0 Å². The summed E-state index contributed by atoms with van der Waals surface area (Å²) >= 11 is 0.